The van der Waals surface area contributed by atoms with Crippen molar-refractivity contribution in [2.45, 2.75) is 18.3 Å². The Morgan fingerprint density at radius 1 is 1.13 bits per heavy atom. The number of methoxy groups -OCH3 is 1. The van der Waals surface area contributed by atoms with Gasteiger partial charge in [-0.15, -0.1) is 24.9 Å². The Labute approximate surface area is 174 Å². The maximum Gasteiger partial charge on any atom is 0.573 e. The molecule has 6 nitrogen and oxygen atoms in total. The monoisotopic (exact) mass is 441 g/mol. The number of carbonyl (C=O) groups excluding carboxylic acids is 1. The Morgan fingerprint density at radius 2 is 1.87 bits per heavy atom. The largest absolute Gasteiger partial charge is 0.573 e. The van der Waals surface area contributed by atoms with E-state index in [9.17, 15) is 18.0 Å². The van der Waals surface area contributed by atoms with Crippen LogP contribution in [-0.2, 0) is 11.3 Å². The highest BCUT2D eigenvalue weighted by molar-refractivity contribution is 8.00. The fraction of sp³-hybridized carbons (Fsp3) is 0.350. The molecular formula is C20H18F3NO5S. The lowest BCUT2D eigenvalue weighted by molar-refractivity contribution is -0.274. The lowest BCUT2D eigenvalue weighted by Gasteiger charge is -2.29. The van der Waals surface area contributed by atoms with E-state index in [0.717, 1.165) is 0 Å². The molecule has 0 radical (unpaired) electrons. The average Bonchev–Trinajstić information content (AvgIpc) is 3.07. The molecular weight excluding hydrogens is 423 g/mol. The van der Waals surface area contributed by atoms with Crippen LogP contribution in [-0.4, -0.2) is 43.2 Å². The molecule has 2 aromatic rings. The normalized spacial score (nSPS) is 18.5. The molecule has 1 unspecified atom stereocenters. The van der Waals surface area contributed by atoms with Crippen molar-refractivity contribution in [1.29, 1.82) is 0 Å². The fourth-order valence-electron chi connectivity index (χ4n) is 3.39. The third kappa shape index (κ3) is 4.23. The van der Waals surface area contributed by atoms with Crippen molar-refractivity contribution in [1.82, 2.24) is 4.90 Å². The molecule has 2 aliphatic heterocycles. The van der Waals surface area contributed by atoms with Gasteiger partial charge in [-0.25, -0.2) is 0 Å². The summed E-state index contributed by atoms with van der Waals surface area (Å²) >= 11 is 1.43. The number of amides is 1. The maximum absolute atomic E-state index is 12.6. The number of halogens is 3. The highest BCUT2D eigenvalue weighted by Crippen LogP contribution is 2.51. The molecule has 0 spiro atoms. The van der Waals surface area contributed by atoms with Crippen LogP contribution in [0.15, 0.2) is 36.4 Å². The SMILES string of the molecule is COc1ccc2c(c1C1SCC(=O)N1Cc1ccc(OC(F)(F)F)cc1)OCCO2. The molecule has 0 saturated carbocycles. The summed E-state index contributed by atoms with van der Waals surface area (Å²) in [6.07, 6.45) is -4.75. The first-order valence-electron chi connectivity index (χ1n) is 9.08. The highest BCUT2D eigenvalue weighted by Gasteiger charge is 2.38. The van der Waals surface area contributed by atoms with Gasteiger partial charge in [-0.05, 0) is 29.8 Å². The van der Waals surface area contributed by atoms with Crippen molar-refractivity contribution >= 4 is 17.7 Å². The van der Waals surface area contributed by atoms with Crippen molar-refractivity contribution in [3.8, 4) is 23.0 Å². The predicted octanol–water partition coefficient (Wildman–Crippen LogP) is 4.14. The third-order valence-corrected chi connectivity index (χ3v) is 5.87. The second kappa shape index (κ2) is 8.17. The summed E-state index contributed by atoms with van der Waals surface area (Å²) in [6, 6.07) is 9.01. The summed E-state index contributed by atoms with van der Waals surface area (Å²) in [5.41, 5.74) is 1.38. The zero-order valence-corrected chi connectivity index (χ0v) is 16.7. The summed E-state index contributed by atoms with van der Waals surface area (Å²) in [5.74, 6) is 1.59. The van der Waals surface area contributed by atoms with Crippen LogP contribution in [0, 0.1) is 0 Å². The summed E-state index contributed by atoms with van der Waals surface area (Å²) in [4.78, 5) is 14.3. The van der Waals surface area contributed by atoms with E-state index in [1.54, 1.807) is 24.1 Å². The minimum absolute atomic E-state index is 0.0861. The number of benzene rings is 2. The highest BCUT2D eigenvalue weighted by atomic mass is 32.2. The molecule has 30 heavy (non-hydrogen) atoms. The summed E-state index contributed by atoms with van der Waals surface area (Å²) < 4.78 is 58.0. The second-order valence-electron chi connectivity index (χ2n) is 6.58. The van der Waals surface area contributed by atoms with Crippen LogP contribution in [0.3, 0.4) is 0 Å². The van der Waals surface area contributed by atoms with Crippen molar-refractivity contribution in [2.75, 3.05) is 26.1 Å². The summed E-state index contributed by atoms with van der Waals surface area (Å²) in [7, 11) is 1.54. The number of rotatable bonds is 5. The van der Waals surface area contributed by atoms with E-state index in [2.05, 4.69) is 4.74 Å². The van der Waals surface area contributed by atoms with Gasteiger partial charge in [0.25, 0.3) is 0 Å². The van der Waals surface area contributed by atoms with Gasteiger partial charge in [-0.1, -0.05) is 12.1 Å². The molecule has 160 valence electrons. The van der Waals surface area contributed by atoms with Gasteiger partial charge < -0.3 is 23.8 Å². The number of thioether (sulfide) groups is 1. The molecule has 1 atom stereocenters. The van der Waals surface area contributed by atoms with Crippen LogP contribution in [0.5, 0.6) is 23.0 Å². The van der Waals surface area contributed by atoms with Gasteiger partial charge in [0, 0.05) is 6.54 Å². The van der Waals surface area contributed by atoms with Crippen LogP contribution in [0.25, 0.3) is 0 Å². The first-order valence-corrected chi connectivity index (χ1v) is 10.1. The van der Waals surface area contributed by atoms with Crippen LogP contribution in [0.2, 0.25) is 0 Å². The van der Waals surface area contributed by atoms with Gasteiger partial charge in [0.15, 0.2) is 11.5 Å². The van der Waals surface area contributed by atoms with Gasteiger partial charge in [-0.3, -0.25) is 4.79 Å². The molecule has 10 heteroatoms. The molecule has 0 bridgehead atoms. The predicted molar refractivity (Wildman–Crippen MR) is 103 cm³/mol. The van der Waals surface area contributed by atoms with Crippen LogP contribution in [0.4, 0.5) is 13.2 Å². The number of carbonyl (C=O) groups is 1. The van der Waals surface area contributed by atoms with Gasteiger partial charge in [0.05, 0.1) is 18.4 Å². The second-order valence-corrected chi connectivity index (χ2v) is 7.65. The van der Waals surface area contributed by atoms with E-state index >= 15 is 0 Å². The molecule has 2 aromatic carbocycles. The zero-order valence-electron chi connectivity index (χ0n) is 15.9. The van der Waals surface area contributed by atoms with Crippen LogP contribution < -0.4 is 18.9 Å². The molecule has 0 N–H and O–H groups in total. The Kier molecular flexibility index (Phi) is 5.59. The molecule has 0 aliphatic carbocycles. The van der Waals surface area contributed by atoms with Gasteiger partial charge >= 0.3 is 6.36 Å². The zero-order chi connectivity index (χ0) is 21.3. The molecule has 4 rings (SSSR count). The number of alkyl halides is 3. The minimum Gasteiger partial charge on any atom is -0.496 e. The minimum atomic E-state index is -4.75. The lowest BCUT2D eigenvalue weighted by atomic mass is 10.1. The number of ether oxygens (including phenoxy) is 4. The van der Waals surface area contributed by atoms with E-state index in [-0.39, 0.29) is 29.3 Å². The Balaban J connectivity index is 1.61. The van der Waals surface area contributed by atoms with E-state index in [1.807, 2.05) is 0 Å². The first kappa shape index (κ1) is 20.5. The van der Waals surface area contributed by atoms with E-state index in [1.165, 1.54) is 36.0 Å². The van der Waals surface area contributed by atoms with Gasteiger partial charge in [0.1, 0.15) is 30.1 Å². The van der Waals surface area contributed by atoms with Crippen LogP contribution >= 0.6 is 11.8 Å². The van der Waals surface area contributed by atoms with Crippen molar-refractivity contribution in [3.63, 3.8) is 0 Å². The topological polar surface area (TPSA) is 57.2 Å². The molecule has 0 aromatic heterocycles. The fourth-order valence-corrected chi connectivity index (χ4v) is 4.62. The average molecular weight is 441 g/mol. The Morgan fingerprint density at radius 3 is 2.57 bits per heavy atom. The van der Waals surface area contributed by atoms with Crippen molar-refractivity contribution < 1.29 is 36.9 Å². The first-order chi connectivity index (χ1) is 14.4. The van der Waals surface area contributed by atoms with E-state index in [0.29, 0.717) is 41.6 Å². The number of hydrogen-bond donors (Lipinski definition) is 0. The summed E-state index contributed by atoms with van der Waals surface area (Å²) in [5, 5.41) is -0.379. The van der Waals surface area contributed by atoms with E-state index < -0.39 is 6.36 Å². The smallest absolute Gasteiger partial charge is 0.496 e. The lowest BCUT2D eigenvalue weighted by Crippen LogP contribution is -2.29. The number of nitrogens with zero attached hydrogens (tertiary/aromatic N) is 1. The Bertz CT molecular complexity index is 935. The van der Waals surface area contributed by atoms with Crippen LogP contribution in [0.1, 0.15) is 16.5 Å². The molecule has 1 fully saturated rings. The summed E-state index contributed by atoms with van der Waals surface area (Å²) in [6.45, 7) is 1.04. The standard InChI is InChI=1S/C20H18F3NO5S/c1-26-14-6-7-15-18(28-9-8-27-15)17(14)19-24(16(25)11-30-19)10-12-2-4-13(5-3-12)29-20(21,22)23/h2-7,19H,8-11H2,1H3. The molecule has 1 amide bonds. The Hall–Kier alpha value is -2.75. The molecule has 1 saturated heterocycles. The van der Waals surface area contributed by atoms with Crippen molar-refractivity contribution in [2.24, 2.45) is 0 Å². The quantitative estimate of drug-likeness (QED) is 0.695. The maximum atomic E-state index is 12.6. The van der Waals surface area contributed by atoms with E-state index in [4.69, 9.17) is 14.2 Å². The number of hydrogen-bond acceptors (Lipinski definition) is 6. The molecule has 2 aliphatic rings. The molecule has 2 heterocycles. The van der Waals surface area contributed by atoms with Gasteiger partial charge in [0.2, 0.25) is 5.91 Å². The van der Waals surface area contributed by atoms with Gasteiger partial charge in [-0.2, -0.15) is 0 Å². The van der Waals surface area contributed by atoms with Crippen molar-refractivity contribution in [3.05, 3.63) is 47.5 Å². The third-order valence-electron chi connectivity index (χ3n) is 4.65. The number of fused-ring (bicyclic) bond motifs is 1.